The van der Waals surface area contributed by atoms with Crippen LogP contribution in [0, 0.1) is 0 Å². The van der Waals surface area contributed by atoms with Crippen LogP contribution in [0.25, 0.3) is 0 Å². The minimum Gasteiger partial charge on any atom is -0.357 e. The number of halogens is 2. The summed E-state index contributed by atoms with van der Waals surface area (Å²) in [5.74, 6) is 0.0750. The molecule has 2 aromatic rings. The average Bonchev–Trinajstić information content (AvgIpc) is 2.91. The SMILES string of the molecule is O=C1CC(NC(=S)Nc2ccc(Cl)cc2Cl)CN1c1ccccc1. The van der Waals surface area contributed by atoms with Gasteiger partial charge >= 0.3 is 0 Å². The number of thiocarbonyl (C=S) groups is 1. The third kappa shape index (κ3) is 3.98. The number of hydrogen-bond acceptors (Lipinski definition) is 2. The van der Waals surface area contributed by atoms with E-state index in [0.717, 1.165) is 5.69 Å². The van der Waals surface area contributed by atoms with E-state index in [0.29, 0.717) is 33.8 Å². The summed E-state index contributed by atoms with van der Waals surface area (Å²) in [6.07, 6.45) is 0.394. The van der Waals surface area contributed by atoms with Gasteiger partial charge in [-0.1, -0.05) is 41.4 Å². The lowest BCUT2D eigenvalue weighted by Crippen LogP contribution is -2.39. The highest BCUT2D eigenvalue weighted by Crippen LogP contribution is 2.25. The lowest BCUT2D eigenvalue weighted by atomic mass is 10.2. The highest BCUT2D eigenvalue weighted by molar-refractivity contribution is 7.80. The van der Waals surface area contributed by atoms with Crippen molar-refractivity contribution in [2.24, 2.45) is 0 Å². The highest BCUT2D eigenvalue weighted by Gasteiger charge is 2.30. The smallest absolute Gasteiger partial charge is 0.229 e. The molecule has 3 rings (SSSR count). The zero-order chi connectivity index (χ0) is 17.1. The van der Waals surface area contributed by atoms with Crippen LogP contribution in [0.1, 0.15) is 6.42 Å². The second kappa shape index (κ2) is 7.38. The van der Waals surface area contributed by atoms with Gasteiger partial charge in [-0.25, -0.2) is 0 Å². The summed E-state index contributed by atoms with van der Waals surface area (Å²) in [5.41, 5.74) is 1.56. The first-order chi connectivity index (χ1) is 11.5. The van der Waals surface area contributed by atoms with Gasteiger partial charge in [-0.05, 0) is 42.5 Å². The van der Waals surface area contributed by atoms with Gasteiger partial charge in [-0.15, -0.1) is 0 Å². The zero-order valence-electron chi connectivity index (χ0n) is 12.6. The predicted molar refractivity (Wildman–Crippen MR) is 103 cm³/mol. The molecule has 0 saturated carbocycles. The van der Waals surface area contributed by atoms with Crippen LogP contribution in [0.15, 0.2) is 48.5 Å². The Balaban J connectivity index is 1.60. The van der Waals surface area contributed by atoms with Crippen LogP contribution in [0.3, 0.4) is 0 Å². The number of carbonyl (C=O) groups is 1. The van der Waals surface area contributed by atoms with Gasteiger partial charge in [-0.3, -0.25) is 4.79 Å². The minimum atomic E-state index is -0.0521. The van der Waals surface area contributed by atoms with Crippen molar-refractivity contribution >= 4 is 57.8 Å². The Hall–Kier alpha value is -1.82. The topological polar surface area (TPSA) is 44.4 Å². The van der Waals surface area contributed by atoms with Gasteiger partial charge < -0.3 is 15.5 Å². The van der Waals surface area contributed by atoms with E-state index in [-0.39, 0.29) is 11.9 Å². The summed E-state index contributed by atoms with van der Waals surface area (Å²) >= 11 is 17.3. The lowest BCUT2D eigenvalue weighted by molar-refractivity contribution is -0.117. The number of nitrogens with zero attached hydrogens (tertiary/aromatic N) is 1. The Morgan fingerprint density at radius 1 is 1.17 bits per heavy atom. The third-order valence-electron chi connectivity index (χ3n) is 3.71. The van der Waals surface area contributed by atoms with Gasteiger partial charge in [0.2, 0.25) is 5.91 Å². The molecule has 124 valence electrons. The van der Waals surface area contributed by atoms with Gasteiger partial charge in [0.05, 0.1) is 16.8 Å². The molecule has 2 aromatic carbocycles. The van der Waals surface area contributed by atoms with Gasteiger partial charge in [0, 0.05) is 23.7 Å². The number of carbonyl (C=O) groups excluding carboxylic acids is 1. The van der Waals surface area contributed by atoms with E-state index in [9.17, 15) is 4.79 Å². The van der Waals surface area contributed by atoms with Crippen LogP contribution in [0.2, 0.25) is 10.0 Å². The molecule has 1 saturated heterocycles. The first-order valence-electron chi connectivity index (χ1n) is 7.41. The molecule has 0 bridgehead atoms. The number of benzene rings is 2. The molecule has 0 radical (unpaired) electrons. The molecule has 24 heavy (non-hydrogen) atoms. The van der Waals surface area contributed by atoms with Crippen molar-refractivity contribution in [1.29, 1.82) is 0 Å². The van der Waals surface area contributed by atoms with Crippen molar-refractivity contribution in [3.05, 3.63) is 58.6 Å². The van der Waals surface area contributed by atoms with E-state index in [4.69, 9.17) is 35.4 Å². The van der Waals surface area contributed by atoms with Crippen molar-refractivity contribution in [3.63, 3.8) is 0 Å². The molecule has 0 spiro atoms. The quantitative estimate of drug-likeness (QED) is 0.788. The Bertz CT molecular complexity index is 770. The molecule has 1 heterocycles. The lowest BCUT2D eigenvalue weighted by Gasteiger charge is -2.18. The molecule has 1 aliphatic rings. The summed E-state index contributed by atoms with van der Waals surface area (Å²) < 4.78 is 0. The first kappa shape index (κ1) is 17.0. The molecule has 0 aromatic heterocycles. The summed E-state index contributed by atoms with van der Waals surface area (Å²) in [4.78, 5) is 14.0. The predicted octanol–water partition coefficient (Wildman–Crippen LogP) is 4.09. The Labute approximate surface area is 155 Å². The fourth-order valence-electron chi connectivity index (χ4n) is 2.60. The monoisotopic (exact) mass is 379 g/mol. The number of nitrogens with one attached hydrogen (secondary N) is 2. The maximum atomic E-state index is 12.2. The molecule has 1 fully saturated rings. The number of hydrogen-bond donors (Lipinski definition) is 2. The van der Waals surface area contributed by atoms with Crippen LogP contribution in [0.4, 0.5) is 11.4 Å². The Morgan fingerprint density at radius 3 is 2.62 bits per heavy atom. The molecule has 2 N–H and O–H groups in total. The largest absolute Gasteiger partial charge is 0.357 e. The van der Waals surface area contributed by atoms with Crippen LogP contribution in [0.5, 0.6) is 0 Å². The Morgan fingerprint density at radius 2 is 1.92 bits per heavy atom. The molecule has 4 nitrogen and oxygen atoms in total. The van der Waals surface area contributed by atoms with Crippen LogP contribution >= 0.6 is 35.4 Å². The average molecular weight is 380 g/mol. The van der Waals surface area contributed by atoms with Crippen molar-refractivity contribution in [2.75, 3.05) is 16.8 Å². The van der Waals surface area contributed by atoms with E-state index >= 15 is 0 Å². The number of anilines is 2. The zero-order valence-corrected chi connectivity index (χ0v) is 15.0. The molecule has 1 aliphatic heterocycles. The summed E-state index contributed by atoms with van der Waals surface area (Å²) in [5, 5.41) is 7.67. The molecular weight excluding hydrogens is 365 g/mol. The molecule has 1 atom stereocenters. The molecule has 7 heteroatoms. The van der Waals surface area contributed by atoms with E-state index < -0.39 is 0 Å². The molecule has 1 amide bonds. The van der Waals surface area contributed by atoms with Crippen molar-refractivity contribution in [1.82, 2.24) is 5.32 Å². The standard InChI is InChI=1S/C17H15Cl2N3OS/c18-11-6-7-15(14(19)8-11)21-17(24)20-12-9-16(23)22(10-12)13-4-2-1-3-5-13/h1-8,12H,9-10H2,(H2,20,21,24). The van der Waals surface area contributed by atoms with Crippen molar-refractivity contribution in [2.45, 2.75) is 12.5 Å². The van der Waals surface area contributed by atoms with Crippen LogP contribution < -0.4 is 15.5 Å². The second-order valence-corrected chi connectivity index (χ2v) is 6.72. The van der Waals surface area contributed by atoms with E-state index in [1.165, 1.54) is 0 Å². The summed E-state index contributed by atoms with van der Waals surface area (Å²) in [7, 11) is 0. The van der Waals surface area contributed by atoms with Crippen molar-refractivity contribution < 1.29 is 4.79 Å². The molecule has 1 unspecified atom stereocenters. The first-order valence-corrected chi connectivity index (χ1v) is 8.57. The fraction of sp³-hybridized carbons (Fsp3) is 0.176. The maximum Gasteiger partial charge on any atom is 0.229 e. The van der Waals surface area contributed by atoms with Gasteiger partial charge in [0.25, 0.3) is 0 Å². The van der Waals surface area contributed by atoms with E-state index in [1.54, 1.807) is 23.1 Å². The number of rotatable bonds is 3. The van der Waals surface area contributed by atoms with Gasteiger partial charge in [0.1, 0.15) is 0 Å². The van der Waals surface area contributed by atoms with E-state index in [2.05, 4.69) is 10.6 Å². The maximum absolute atomic E-state index is 12.2. The van der Waals surface area contributed by atoms with Crippen LogP contribution in [-0.2, 0) is 4.79 Å². The van der Waals surface area contributed by atoms with Crippen molar-refractivity contribution in [3.8, 4) is 0 Å². The molecule has 0 aliphatic carbocycles. The van der Waals surface area contributed by atoms with Gasteiger partial charge in [0.15, 0.2) is 5.11 Å². The van der Waals surface area contributed by atoms with E-state index in [1.807, 2.05) is 30.3 Å². The molecular formula is C17H15Cl2N3OS. The fourth-order valence-corrected chi connectivity index (χ4v) is 3.33. The van der Waals surface area contributed by atoms with Crippen LogP contribution in [-0.4, -0.2) is 23.6 Å². The Kier molecular flexibility index (Phi) is 5.23. The second-order valence-electron chi connectivity index (χ2n) is 5.46. The number of para-hydroxylation sites is 1. The minimum absolute atomic E-state index is 0.0521. The number of amides is 1. The summed E-state index contributed by atoms with van der Waals surface area (Å²) in [6, 6.07) is 14.7. The van der Waals surface area contributed by atoms with Gasteiger partial charge in [-0.2, -0.15) is 0 Å². The normalized spacial score (nSPS) is 17.0. The summed E-state index contributed by atoms with van der Waals surface area (Å²) in [6.45, 7) is 0.568. The highest BCUT2D eigenvalue weighted by atomic mass is 35.5. The third-order valence-corrected chi connectivity index (χ3v) is 4.48.